The van der Waals surface area contributed by atoms with Crippen LogP contribution in [-0.4, -0.2) is 31.4 Å². The first-order chi connectivity index (χ1) is 10.1. The molecule has 0 saturated carbocycles. The van der Waals surface area contributed by atoms with Gasteiger partial charge in [0.05, 0.1) is 23.6 Å². The van der Waals surface area contributed by atoms with Crippen molar-refractivity contribution in [3.05, 3.63) is 41.4 Å². The first-order valence-corrected chi connectivity index (χ1v) is 7.38. The zero-order valence-electron chi connectivity index (χ0n) is 10.7. The third-order valence-electron chi connectivity index (χ3n) is 2.74. The average Bonchev–Trinajstić information content (AvgIpc) is 3.05. The number of hydrogen-bond donors (Lipinski definition) is 1. The van der Waals surface area contributed by atoms with Crippen molar-refractivity contribution in [2.45, 2.75) is 11.7 Å². The maximum atomic E-state index is 10.8. The number of hydrogen-bond acceptors (Lipinski definition) is 5. The lowest BCUT2D eigenvalue weighted by Crippen LogP contribution is -2.04. The maximum absolute atomic E-state index is 10.8. The normalized spacial score (nSPS) is 11.1. The van der Waals surface area contributed by atoms with Crippen LogP contribution in [0.25, 0.3) is 11.2 Å². The summed E-state index contributed by atoms with van der Waals surface area (Å²) in [6, 6.07) is 5.34. The fourth-order valence-corrected chi connectivity index (χ4v) is 2.78. The fourth-order valence-electron chi connectivity index (χ4n) is 1.90. The van der Waals surface area contributed by atoms with Gasteiger partial charge in [0.25, 0.3) is 0 Å². The van der Waals surface area contributed by atoms with Gasteiger partial charge >= 0.3 is 5.97 Å². The molecular weight excluding hydrogens is 314 g/mol. The van der Waals surface area contributed by atoms with E-state index in [2.05, 4.69) is 9.97 Å². The van der Waals surface area contributed by atoms with Gasteiger partial charge in [0.2, 0.25) is 0 Å². The Hall–Kier alpha value is -1.99. The molecule has 0 aliphatic rings. The summed E-state index contributed by atoms with van der Waals surface area (Å²) in [7, 11) is 0. The summed E-state index contributed by atoms with van der Waals surface area (Å²) >= 11 is 7.06. The first-order valence-electron chi connectivity index (χ1n) is 6.02. The molecule has 0 fully saturated rings. The van der Waals surface area contributed by atoms with Crippen LogP contribution in [0.4, 0.5) is 0 Å². The van der Waals surface area contributed by atoms with Crippen molar-refractivity contribution in [3.8, 4) is 0 Å². The zero-order valence-corrected chi connectivity index (χ0v) is 12.3. The summed E-state index contributed by atoms with van der Waals surface area (Å²) in [6.07, 6.45) is 3.12. The summed E-state index contributed by atoms with van der Waals surface area (Å²) in [4.78, 5) is 19.4. The number of imidazole rings is 1. The highest BCUT2D eigenvalue weighted by Crippen LogP contribution is 2.25. The van der Waals surface area contributed by atoms with E-state index in [1.54, 1.807) is 18.4 Å². The molecule has 0 aliphatic heterocycles. The highest BCUT2D eigenvalue weighted by atomic mass is 35.5. The third kappa shape index (κ3) is 3.03. The van der Waals surface area contributed by atoms with E-state index in [0.717, 1.165) is 17.5 Å². The number of halogens is 1. The SMILES string of the molecule is O=C(O)CSc1nc2cc(Cl)cnc2n1Cc1ccco1. The van der Waals surface area contributed by atoms with Crippen LogP contribution in [-0.2, 0) is 11.3 Å². The van der Waals surface area contributed by atoms with Gasteiger partial charge < -0.3 is 9.52 Å². The molecule has 3 aromatic rings. The van der Waals surface area contributed by atoms with Crippen LogP contribution >= 0.6 is 23.4 Å². The van der Waals surface area contributed by atoms with Crippen molar-refractivity contribution in [2.24, 2.45) is 0 Å². The monoisotopic (exact) mass is 323 g/mol. The first kappa shape index (κ1) is 14.0. The van der Waals surface area contributed by atoms with Crippen molar-refractivity contribution in [1.82, 2.24) is 14.5 Å². The van der Waals surface area contributed by atoms with Crippen molar-refractivity contribution in [3.63, 3.8) is 0 Å². The molecule has 0 radical (unpaired) electrons. The Morgan fingerprint density at radius 3 is 3.10 bits per heavy atom. The fraction of sp³-hybridized carbons (Fsp3) is 0.154. The second kappa shape index (κ2) is 5.79. The summed E-state index contributed by atoms with van der Waals surface area (Å²) in [5, 5.41) is 9.88. The van der Waals surface area contributed by atoms with Gasteiger partial charge in [-0.25, -0.2) is 9.97 Å². The van der Waals surface area contributed by atoms with Gasteiger partial charge in [-0.1, -0.05) is 23.4 Å². The Bertz CT molecular complexity index is 785. The summed E-state index contributed by atoms with van der Waals surface area (Å²) in [6.45, 7) is 0.431. The number of fused-ring (bicyclic) bond motifs is 1. The lowest BCUT2D eigenvalue weighted by atomic mass is 10.4. The van der Waals surface area contributed by atoms with Crippen LogP contribution in [0.2, 0.25) is 5.02 Å². The van der Waals surface area contributed by atoms with Crippen LogP contribution in [0, 0.1) is 0 Å². The number of carbonyl (C=O) groups is 1. The van der Waals surface area contributed by atoms with Gasteiger partial charge in [-0.05, 0) is 18.2 Å². The van der Waals surface area contributed by atoms with Gasteiger partial charge in [-0.3, -0.25) is 9.36 Å². The van der Waals surface area contributed by atoms with Crippen LogP contribution in [0.5, 0.6) is 0 Å². The van der Waals surface area contributed by atoms with E-state index in [1.165, 1.54) is 6.20 Å². The second-order valence-corrected chi connectivity index (χ2v) is 5.62. The Morgan fingerprint density at radius 2 is 2.38 bits per heavy atom. The molecule has 3 aromatic heterocycles. The van der Waals surface area contributed by atoms with Crippen molar-refractivity contribution in [2.75, 3.05) is 5.75 Å². The highest BCUT2D eigenvalue weighted by Gasteiger charge is 2.15. The van der Waals surface area contributed by atoms with E-state index in [9.17, 15) is 4.79 Å². The molecule has 0 spiro atoms. The maximum Gasteiger partial charge on any atom is 0.313 e. The molecule has 0 unspecified atom stereocenters. The largest absolute Gasteiger partial charge is 0.481 e. The molecule has 3 heterocycles. The van der Waals surface area contributed by atoms with E-state index in [4.69, 9.17) is 21.1 Å². The number of aromatic nitrogens is 3. The Morgan fingerprint density at radius 1 is 1.52 bits per heavy atom. The number of carboxylic acid groups (broad SMARTS) is 1. The second-order valence-electron chi connectivity index (χ2n) is 4.24. The topological polar surface area (TPSA) is 81.1 Å². The number of carboxylic acids is 1. The van der Waals surface area contributed by atoms with Gasteiger partial charge in [-0.2, -0.15) is 0 Å². The van der Waals surface area contributed by atoms with E-state index >= 15 is 0 Å². The molecule has 0 amide bonds. The molecule has 108 valence electrons. The van der Waals surface area contributed by atoms with E-state index < -0.39 is 5.97 Å². The minimum Gasteiger partial charge on any atom is -0.481 e. The van der Waals surface area contributed by atoms with Crippen LogP contribution in [0.1, 0.15) is 5.76 Å². The lowest BCUT2D eigenvalue weighted by Gasteiger charge is -2.05. The molecule has 8 heteroatoms. The number of rotatable bonds is 5. The molecule has 6 nitrogen and oxygen atoms in total. The predicted molar refractivity (Wildman–Crippen MR) is 78.7 cm³/mol. The van der Waals surface area contributed by atoms with Gasteiger partial charge in [0.1, 0.15) is 11.3 Å². The number of furan rings is 1. The molecule has 0 aliphatic carbocycles. The summed E-state index contributed by atoms with van der Waals surface area (Å²) < 4.78 is 7.15. The van der Waals surface area contributed by atoms with Crippen LogP contribution in [0.3, 0.4) is 0 Å². The molecule has 0 aromatic carbocycles. The molecule has 1 N–H and O–H groups in total. The molecule has 0 saturated heterocycles. The van der Waals surface area contributed by atoms with Gasteiger partial charge in [0.15, 0.2) is 10.8 Å². The number of thioether (sulfide) groups is 1. The predicted octanol–water partition coefficient (Wildman–Crippen LogP) is 2.90. The van der Waals surface area contributed by atoms with Crippen LogP contribution in [0.15, 0.2) is 40.2 Å². The summed E-state index contributed by atoms with van der Waals surface area (Å²) in [5.74, 6) is -0.235. The van der Waals surface area contributed by atoms with Crippen LogP contribution < -0.4 is 0 Å². The lowest BCUT2D eigenvalue weighted by molar-refractivity contribution is -0.133. The average molecular weight is 324 g/mol. The minimum atomic E-state index is -0.900. The standard InChI is InChI=1S/C13H10ClN3O3S/c14-8-4-10-12(15-5-8)17(6-9-2-1-3-20-9)13(16-10)21-7-11(18)19/h1-5H,6-7H2,(H,18,19). The number of pyridine rings is 1. The Kier molecular flexibility index (Phi) is 3.85. The van der Waals surface area contributed by atoms with Gasteiger partial charge in [-0.15, -0.1) is 0 Å². The third-order valence-corrected chi connectivity index (χ3v) is 3.90. The summed E-state index contributed by atoms with van der Waals surface area (Å²) in [5.41, 5.74) is 1.27. The van der Waals surface area contributed by atoms with Crippen molar-refractivity contribution in [1.29, 1.82) is 0 Å². The van der Waals surface area contributed by atoms with Crippen molar-refractivity contribution >= 4 is 40.5 Å². The minimum absolute atomic E-state index is 0.0742. The highest BCUT2D eigenvalue weighted by molar-refractivity contribution is 7.99. The zero-order chi connectivity index (χ0) is 14.8. The van der Waals surface area contributed by atoms with Crippen molar-refractivity contribution < 1.29 is 14.3 Å². The smallest absolute Gasteiger partial charge is 0.313 e. The van der Waals surface area contributed by atoms with E-state index in [0.29, 0.717) is 27.9 Å². The van der Waals surface area contributed by atoms with E-state index in [1.807, 2.05) is 10.6 Å². The molecule has 21 heavy (non-hydrogen) atoms. The Labute approximate surface area is 128 Å². The Balaban J connectivity index is 2.03. The quantitative estimate of drug-likeness (QED) is 0.727. The molecule has 0 atom stereocenters. The van der Waals surface area contributed by atoms with Gasteiger partial charge in [0, 0.05) is 6.20 Å². The molecule has 3 rings (SSSR count). The molecular formula is C13H10ClN3O3S. The molecule has 0 bridgehead atoms. The number of aliphatic carboxylic acids is 1. The van der Waals surface area contributed by atoms with E-state index in [-0.39, 0.29) is 5.75 Å². The number of nitrogens with zero attached hydrogens (tertiary/aromatic N) is 3.